The first kappa shape index (κ1) is 10.2. The summed E-state index contributed by atoms with van der Waals surface area (Å²) < 4.78 is 35.2. The molecule has 0 aromatic carbocycles. The average Bonchev–Trinajstić information content (AvgIpc) is 1.86. The molecule has 1 radical (unpaired) electrons. The fourth-order valence-electron chi connectivity index (χ4n) is 0.515. The van der Waals surface area contributed by atoms with Crippen LogP contribution in [0.1, 0.15) is 6.92 Å². The van der Waals surface area contributed by atoms with Crippen molar-refractivity contribution < 1.29 is 23.1 Å². The second-order valence-electron chi connectivity index (χ2n) is 1.69. The van der Waals surface area contributed by atoms with Crippen molar-refractivity contribution in [3.8, 4) is 0 Å². The highest BCUT2D eigenvalue weighted by atomic mass is 19.4. The standard InChI is InChI=1S/C6H6F3O2/c1-2-4(5(11)3-10)6(7,8)9/h2-3,10H,1H3. The Balaban J connectivity index is 4.58. The van der Waals surface area contributed by atoms with Crippen molar-refractivity contribution in [1.29, 1.82) is 0 Å². The van der Waals surface area contributed by atoms with Gasteiger partial charge < -0.3 is 5.11 Å². The summed E-state index contributed by atoms with van der Waals surface area (Å²) in [5, 5.41) is 7.98. The Morgan fingerprint density at radius 1 is 1.45 bits per heavy atom. The third-order valence-electron chi connectivity index (χ3n) is 0.977. The van der Waals surface area contributed by atoms with Crippen LogP contribution in [0.2, 0.25) is 0 Å². The lowest BCUT2D eigenvalue weighted by Crippen LogP contribution is -2.19. The van der Waals surface area contributed by atoms with Crippen LogP contribution in [0.5, 0.6) is 0 Å². The van der Waals surface area contributed by atoms with Gasteiger partial charge in [-0.25, -0.2) is 0 Å². The number of halogens is 3. The SMILES string of the molecule is CC=C(C(=O)[CH]O)C(F)(F)F. The highest BCUT2D eigenvalue weighted by Crippen LogP contribution is 2.26. The first-order valence-electron chi connectivity index (χ1n) is 2.68. The molecule has 0 saturated carbocycles. The van der Waals surface area contributed by atoms with Gasteiger partial charge in [-0.05, 0) is 6.92 Å². The number of carbonyl (C=O) groups is 1. The smallest absolute Gasteiger partial charge is 0.382 e. The summed E-state index contributed by atoms with van der Waals surface area (Å²) in [7, 11) is 0. The van der Waals surface area contributed by atoms with Crippen LogP contribution in [-0.2, 0) is 4.79 Å². The Morgan fingerprint density at radius 2 is 1.91 bits per heavy atom. The van der Waals surface area contributed by atoms with E-state index in [0.29, 0.717) is 6.08 Å². The van der Waals surface area contributed by atoms with E-state index in [4.69, 9.17) is 5.11 Å². The maximum absolute atomic E-state index is 11.7. The third-order valence-corrected chi connectivity index (χ3v) is 0.977. The minimum Gasteiger partial charge on any atom is -0.382 e. The molecule has 0 spiro atoms. The summed E-state index contributed by atoms with van der Waals surface area (Å²) >= 11 is 0. The predicted octanol–water partition coefficient (Wildman–Crippen LogP) is 1.60. The van der Waals surface area contributed by atoms with Crippen LogP contribution in [-0.4, -0.2) is 17.1 Å². The number of alkyl halides is 3. The fraction of sp³-hybridized carbons (Fsp3) is 0.333. The van der Waals surface area contributed by atoms with E-state index < -0.39 is 17.5 Å². The molecule has 0 aliphatic carbocycles. The largest absolute Gasteiger partial charge is 0.419 e. The van der Waals surface area contributed by atoms with Crippen molar-refractivity contribution in [3.63, 3.8) is 0 Å². The zero-order chi connectivity index (χ0) is 9.07. The van der Waals surface area contributed by atoms with Gasteiger partial charge in [0.1, 0.15) is 0 Å². The van der Waals surface area contributed by atoms with Gasteiger partial charge in [0.05, 0.1) is 5.57 Å². The van der Waals surface area contributed by atoms with Gasteiger partial charge in [-0.15, -0.1) is 0 Å². The first-order chi connectivity index (χ1) is 4.93. The van der Waals surface area contributed by atoms with E-state index in [2.05, 4.69) is 0 Å². The molecule has 63 valence electrons. The molecule has 2 nitrogen and oxygen atoms in total. The monoisotopic (exact) mass is 167 g/mol. The number of hydrogen-bond acceptors (Lipinski definition) is 2. The Kier molecular flexibility index (Phi) is 3.25. The Labute approximate surface area is 61.3 Å². The number of carbonyl (C=O) groups excluding carboxylic acids is 1. The second kappa shape index (κ2) is 3.52. The van der Waals surface area contributed by atoms with E-state index in [-0.39, 0.29) is 6.61 Å². The zero-order valence-corrected chi connectivity index (χ0v) is 5.64. The summed E-state index contributed by atoms with van der Waals surface area (Å²) in [5.74, 6) is -1.43. The van der Waals surface area contributed by atoms with Crippen molar-refractivity contribution in [2.75, 3.05) is 0 Å². The summed E-state index contributed by atoms with van der Waals surface area (Å²) in [6.07, 6.45) is -4.08. The molecule has 5 heteroatoms. The lowest BCUT2D eigenvalue weighted by atomic mass is 10.1. The summed E-state index contributed by atoms with van der Waals surface area (Å²) in [6, 6.07) is 0. The molecule has 0 aromatic rings. The van der Waals surface area contributed by atoms with Gasteiger partial charge in [0.2, 0.25) is 0 Å². The number of ketones is 1. The first-order valence-corrected chi connectivity index (χ1v) is 2.68. The van der Waals surface area contributed by atoms with Crippen LogP contribution in [0.3, 0.4) is 0 Å². The number of aliphatic hydroxyl groups excluding tert-OH is 1. The molecule has 0 fully saturated rings. The van der Waals surface area contributed by atoms with Crippen molar-refractivity contribution >= 4 is 5.78 Å². The van der Waals surface area contributed by atoms with Crippen LogP contribution < -0.4 is 0 Å². The second-order valence-corrected chi connectivity index (χ2v) is 1.69. The van der Waals surface area contributed by atoms with Crippen LogP contribution in [0.25, 0.3) is 0 Å². The van der Waals surface area contributed by atoms with Gasteiger partial charge in [0.25, 0.3) is 0 Å². The number of allylic oxidation sites excluding steroid dienone is 1. The van der Waals surface area contributed by atoms with Gasteiger partial charge in [-0.3, -0.25) is 4.79 Å². The lowest BCUT2D eigenvalue weighted by Gasteiger charge is -2.07. The van der Waals surface area contributed by atoms with Gasteiger partial charge in [0, 0.05) is 0 Å². The number of hydrogen-bond donors (Lipinski definition) is 1. The molecule has 0 aliphatic rings. The van der Waals surface area contributed by atoms with Crippen LogP contribution in [0.15, 0.2) is 11.6 Å². The molecule has 1 N–H and O–H groups in total. The third kappa shape index (κ3) is 2.71. The van der Waals surface area contributed by atoms with Gasteiger partial charge in [0.15, 0.2) is 12.4 Å². The van der Waals surface area contributed by atoms with Crippen LogP contribution in [0.4, 0.5) is 13.2 Å². The summed E-state index contributed by atoms with van der Waals surface area (Å²) in [4.78, 5) is 10.3. The Hall–Kier alpha value is -0.840. The van der Waals surface area contributed by atoms with Gasteiger partial charge in [-0.1, -0.05) is 6.08 Å². The molecule has 0 rings (SSSR count). The molecule has 0 atom stereocenters. The quantitative estimate of drug-likeness (QED) is 0.634. The molecule has 0 unspecified atom stereocenters. The molecule has 0 saturated heterocycles. The average molecular weight is 167 g/mol. The van der Waals surface area contributed by atoms with E-state index in [1.807, 2.05) is 0 Å². The van der Waals surface area contributed by atoms with Gasteiger partial charge >= 0.3 is 6.18 Å². The molecular weight excluding hydrogens is 161 g/mol. The topological polar surface area (TPSA) is 37.3 Å². The van der Waals surface area contributed by atoms with Gasteiger partial charge in [-0.2, -0.15) is 13.2 Å². The summed E-state index contributed by atoms with van der Waals surface area (Å²) in [5.41, 5.74) is -1.36. The van der Waals surface area contributed by atoms with Crippen molar-refractivity contribution in [1.82, 2.24) is 0 Å². The lowest BCUT2D eigenvalue weighted by molar-refractivity contribution is -0.128. The summed E-state index contributed by atoms with van der Waals surface area (Å²) in [6.45, 7) is 0.965. The molecule has 0 aliphatic heterocycles. The minimum atomic E-state index is -4.69. The van der Waals surface area contributed by atoms with Crippen LogP contribution >= 0.6 is 0 Å². The highest BCUT2D eigenvalue weighted by molar-refractivity contribution is 6.01. The normalized spacial score (nSPS) is 13.4. The fourth-order valence-corrected chi connectivity index (χ4v) is 0.515. The molecule has 0 heterocycles. The van der Waals surface area contributed by atoms with Crippen molar-refractivity contribution in [3.05, 3.63) is 18.3 Å². The Bertz CT molecular complexity index is 181. The number of rotatable bonds is 2. The van der Waals surface area contributed by atoms with E-state index in [1.165, 1.54) is 0 Å². The van der Waals surface area contributed by atoms with E-state index in [0.717, 1.165) is 6.92 Å². The maximum atomic E-state index is 11.7. The molecule has 0 aromatic heterocycles. The minimum absolute atomic E-state index is 0.108. The highest BCUT2D eigenvalue weighted by Gasteiger charge is 2.37. The van der Waals surface area contributed by atoms with Crippen LogP contribution in [0, 0.1) is 6.61 Å². The number of aliphatic hydroxyl groups is 1. The molecule has 0 amide bonds. The molecule has 0 bridgehead atoms. The molecule has 11 heavy (non-hydrogen) atoms. The predicted molar refractivity (Wildman–Crippen MR) is 31.1 cm³/mol. The van der Waals surface area contributed by atoms with E-state index in [1.54, 1.807) is 0 Å². The maximum Gasteiger partial charge on any atom is 0.419 e. The Morgan fingerprint density at radius 3 is 2.00 bits per heavy atom. The molecular formula is C6H6F3O2. The van der Waals surface area contributed by atoms with E-state index >= 15 is 0 Å². The zero-order valence-electron chi connectivity index (χ0n) is 5.64. The van der Waals surface area contributed by atoms with Crippen molar-refractivity contribution in [2.45, 2.75) is 13.1 Å². The number of Topliss-reactive ketones (excluding diaryl/α,β-unsaturated/α-hetero) is 1. The van der Waals surface area contributed by atoms with E-state index in [9.17, 15) is 18.0 Å². The van der Waals surface area contributed by atoms with Crippen molar-refractivity contribution in [2.24, 2.45) is 0 Å².